The summed E-state index contributed by atoms with van der Waals surface area (Å²) in [5.74, 6) is 0.357. The van der Waals surface area contributed by atoms with Gasteiger partial charge in [0.05, 0.1) is 22.1 Å². The number of anilines is 1. The predicted octanol–water partition coefficient (Wildman–Crippen LogP) is 6.49. The molecule has 0 radical (unpaired) electrons. The molecule has 0 spiro atoms. The van der Waals surface area contributed by atoms with E-state index in [1.807, 2.05) is 73.8 Å². The topological polar surface area (TPSA) is 92.7 Å². The summed E-state index contributed by atoms with van der Waals surface area (Å²) in [6, 6.07) is 18.2. The molecule has 6 aromatic rings. The monoisotopic (exact) mass is 539 g/mol. The molecule has 4 aromatic heterocycles. The number of nitrogens with zero attached hydrogens (tertiary/aromatic N) is 3. The number of aromatic nitrogens is 4. The molecule has 38 heavy (non-hydrogen) atoms. The molecule has 0 aliphatic carbocycles. The lowest BCUT2D eigenvalue weighted by molar-refractivity contribution is 0.774. The molecule has 0 saturated heterocycles. The zero-order valence-electron chi connectivity index (χ0n) is 20.5. The molecule has 2 N–H and O–H groups in total. The van der Waals surface area contributed by atoms with E-state index in [1.165, 1.54) is 12.4 Å². The number of benzene rings is 2. The Morgan fingerprint density at radius 3 is 2.58 bits per heavy atom. The lowest BCUT2D eigenvalue weighted by Gasteiger charge is -2.24. The van der Waals surface area contributed by atoms with E-state index in [4.69, 9.17) is 11.6 Å². The number of fused-ring (bicyclic) bond motifs is 2. The van der Waals surface area contributed by atoms with Gasteiger partial charge >= 0.3 is 0 Å². The van der Waals surface area contributed by atoms with Gasteiger partial charge in [0.25, 0.3) is 5.56 Å². The van der Waals surface area contributed by atoms with E-state index in [9.17, 15) is 9.59 Å². The molecule has 0 unspecified atom stereocenters. The lowest BCUT2D eigenvalue weighted by atomic mass is 10.0. The SMILES string of the molecule is Cc1ccsc1-c1cccc2c(Cl)c([C@H](C)Nc3ncnc4[nH]ccc(=O)c34)n(-c3ccccc3)c(=O)c12. The van der Waals surface area contributed by atoms with Crippen LogP contribution in [0.4, 0.5) is 5.82 Å². The molecule has 0 bridgehead atoms. The number of pyridine rings is 2. The van der Waals surface area contributed by atoms with Crippen LogP contribution in [-0.4, -0.2) is 19.5 Å². The van der Waals surface area contributed by atoms with Gasteiger partial charge in [-0.3, -0.25) is 14.2 Å². The van der Waals surface area contributed by atoms with Crippen LogP contribution in [0.1, 0.15) is 24.2 Å². The number of H-pyrrole nitrogens is 1. The smallest absolute Gasteiger partial charge is 0.264 e. The van der Waals surface area contributed by atoms with Gasteiger partial charge in [-0.1, -0.05) is 48.0 Å². The van der Waals surface area contributed by atoms with Gasteiger partial charge in [0.15, 0.2) is 5.43 Å². The van der Waals surface area contributed by atoms with Gasteiger partial charge in [-0.25, -0.2) is 9.97 Å². The fraction of sp³-hybridized carbons (Fsp3) is 0.103. The summed E-state index contributed by atoms with van der Waals surface area (Å²) in [5.41, 5.74) is 3.24. The van der Waals surface area contributed by atoms with Gasteiger partial charge in [-0.05, 0) is 43.0 Å². The van der Waals surface area contributed by atoms with Crippen LogP contribution < -0.4 is 16.3 Å². The van der Waals surface area contributed by atoms with Crippen molar-refractivity contribution in [2.24, 2.45) is 0 Å². The first-order valence-electron chi connectivity index (χ1n) is 12.0. The number of rotatable bonds is 5. The second-order valence-corrected chi connectivity index (χ2v) is 10.3. The number of hydrogen-bond acceptors (Lipinski definition) is 6. The minimum Gasteiger partial charge on any atom is -0.361 e. The number of aromatic amines is 1. The van der Waals surface area contributed by atoms with Crippen molar-refractivity contribution in [3.63, 3.8) is 0 Å². The van der Waals surface area contributed by atoms with Crippen LogP contribution >= 0.6 is 22.9 Å². The minimum absolute atomic E-state index is 0.173. The molecule has 2 aromatic carbocycles. The average molecular weight is 540 g/mol. The molecule has 4 heterocycles. The third-order valence-corrected chi connectivity index (χ3v) is 8.06. The zero-order chi connectivity index (χ0) is 26.4. The molecule has 0 amide bonds. The van der Waals surface area contributed by atoms with E-state index in [2.05, 4.69) is 20.3 Å². The molecule has 0 aliphatic rings. The van der Waals surface area contributed by atoms with E-state index in [1.54, 1.807) is 22.1 Å². The Kier molecular flexibility index (Phi) is 6.06. The quantitative estimate of drug-likeness (QED) is 0.261. The Labute approximate surface area is 226 Å². The van der Waals surface area contributed by atoms with Crippen molar-refractivity contribution in [3.8, 4) is 16.1 Å². The Balaban J connectivity index is 1.63. The van der Waals surface area contributed by atoms with E-state index in [-0.39, 0.29) is 11.0 Å². The normalized spacial score (nSPS) is 12.2. The highest BCUT2D eigenvalue weighted by Crippen LogP contribution is 2.38. The highest BCUT2D eigenvalue weighted by molar-refractivity contribution is 7.13. The summed E-state index contributed by atoms with van der Waals surface area (Å²) in [7, 11) is 0. The maximum Gasteiger partial charge on any atom is 0.264 e. The maximum atomic E-state index is 14.4. The van der Waals surface area contributed by atoms with Gasteiger partial charge in [0.2, 0.25) is 0 Å². The van der Waals surface area contributed by atoms with Crippen molar-refractivity contribution in [1.82, 2.24) is 19.5 Å². The van der Waals surface area contributed by atoms with Crippen molar-refractivity contribution in [2.45, 2.75) is 19.9 Å². The largest absolute Gasteiger partial charge is 0.361 e. The van der Waals surface area contributed by atoms with Gasteiger partial charge < -0.3 is 10.3 Å². The maximum absolute atomic E-state index is 14.4. The predicted molar refractivity (Wildman–Crippen MR) is 155 cm³/mol. The molecule has 0 fully saturated rings. The Hall–Kier alpha value is -4.27. The molecule has 1 atom stereocenters. The van der Waals surface area contributed by atoms with Crippen LogP contribution in [0.5, 0.6) is 0 Å². The molecule has 9 heteroatoms. The number of halogens is 1. The van der Waals surface area contributed by atoms with E-state index in [0.717, 1.165) is 16.0 Å². The summed E-state index contributed by atoms with van der Waals surface area (Å²) >= 11 is 8.75. The Bertz CT molecular complexity index is 1940. The molecule has 7 nitrogen and oxygen atoms in total. The van der Waals surface area contributed by atoms with Crippen molar-refractivity contribution in [2.75, 3.05) is 5.32 Å². The summed E-state index contributed by atoms with van der Waals surface area (Å²) in [6.07, 6.45) is 2.93. The van der Waals surface area contributed by atoms with Crippen LogP contribution in [-0.2, 0) is 0 Å². The minimum atomic E-state index is -0.496. The molecule has 0 aliphatic heterocycles. The van der Waals surface area contributed by atoms with Gasteiger partial charge in [-0.15, -0.1) is 11.3 Å². The van der Waals surface area contributed by atoms with E-state index >= 15 is 0 Å². The van der Waals surface area contributed by atoms with Gasteiger partial charge in [-0.2, -0.15) is 0 Å². The third kappa shape index (κ3) is 3.89. The Morgan fingerprint density at radius 2 is 1.82 bits per heavy atom. The summed E-state index contributed by atoms with van der Waals surface area (Å²) in [5, 5.41) is 7.36. The first-order valence-corrected chi connectivity index (χ1v) is 13.3. The molecule has 0 saturated carbocycles. The number of para-hydroxylation sites is 1. The van der Waals surface area contributed by atoms with Crippen LogP contribution in [0.2, 0.25) is 5.02 Å². The molecular weight excluding hydrogens is 518 g/mol. The third-order valence-electron chi connectivity index (χ3n) is 6.62. The molecule has 6 rings (SSSR count). The second kappa shape index (κ2) is 9.55. The second-order valence-electron chi connectivity index (χ2n) is 8.99. The lowest BCUT2D eigenvalue weighted by Crippen LogP contribution is -2.27. The highest BCUT2D eigenvalue weighted by atomic mass is 35.5. The highest BCUT2D eigenvalue weighted by Gasteiger charge is 2.24. The van der Waals surface area contributed by atoms with Crippen molar-refractivity contribution < 1.29 is 0 Å². The van der Waals surface area contributed by atoms with Crippen molar-refractivity contribution in [3.05, 3.63) is 115 Å². The Morgan fingerprint density at radius 1 is 1.00 bits per heavy atom. The van der Waals surface area contributed by atoms with Crippen LogP contribution in [0, 0.1) is 6.92 Å². The molecular formula is C29H22ClN5O2S. The fourth-order valence-corrected chi connectivity index (χ4v) is 6.23. The van der Waals surface area contributed by atoms with E-state index in [0.29, 0.717) is 44.0 Å². The summed E-state index contributed by atoms with van der Waals surface area (Å²) in [4.78, 5) is 39.5. The number of thiophene rings is 1. The zero-order valence-corrected chi connectivity index (χ0v) is 22.1. The van der Waals surface area contributed by atoms with Crippen LogP contribution in [0.3, 0.4) is 0 Å². The molecule has 188 valence electrons. The van der Waals surface area contributed by atoms with Crippen molar-refractivity contribution >= 4 is 50.6 Å². The van der Waals surface area contributed by atoms with Crippen LogP contribution in [0.15, 0.2) is 88.2 Å². The van der Waals surface area contributed by atoms with Gasteiger partial charge in [0, 0.05) is 33.8 Å². The van der Waals surface area contributed by atoms with Gasteiger partial charge in [0.1, 0.15) is 23.2 Å². The standard InChI is InChI=1S/C29H22ClN5O2S/c1-16-12-14-38-26(16)20-10-6-9-19-22(20)29(37)35(18-7-4-3-5-8-18)25(24(19)30)17(2)34-28-23-21(36)11-13-31-27(23)32-15-33-28/h3-15,17H,1-2H3,(H2,31,32,33,34,36)/t17-/m0/s1. The summed E-state index contributed by atoms with van der Waals surface area (Å²) < 4.78 is 1.66. The number of nitrogens with one attached hydrogen (secondary N) is 2. The number of aryl methyl sites for hydroxylation is 1. The first kappa shape index (κ1) is 24.1. The van der Waals surface area contributed by atoms with Crippen LogP contribution in [0.25, 0.3) is 37.9 Å². The first-order chi connectivity index (χ1) is 18.5. The average Bonchev–Trinajstić information content (AvgIpc) is 3.36. The van der Waals surface area contributed by atoms with E-state index < -0.39 is 6.04 Å². The summed E-state index contributed by atoms with van der Waals surface area (Å²) in [6.45, 7) is 3.93. The number of hydrogen-bond donors (Lipinski definition) is 2. The van der Waals surface area contributed by atoms with Crippen molar-refractivity contribution in [1.29, 1.82) is 0 Å². The fourth-order valence-electron chi connectivity index (χ4n) is 4.87.